The predicted octanol–water partition coefficient (Wildman–Crippen LogP) is 26.1. The van der Waals surface area contributed by atoms with Gasteiger partial charge in [-0.1, -0.05) is 230 Å². The number of hydrogen-bond acceptors (Lipinski definition) is 6. The summed E-state index contributed by atoms with van der Waals surface area (Å²) < 4.78 is 0. The Kier molecular flexibility index (Phi) is 15.9. The molecule has 16 rings (SSSR count). The second kappa shape index (κ2) is 26.0. The fourth-order valence-corrected chi connectivity index (χ4v) is 14.7. The third-order valence-corrected chi connectivity index (χ3v) is 19.5. The fourth-order valence-electron chi connectivity index (χ4n) is 13.0. The van der Waals surface area contributed by atoms with Crippen LogP contribution in [0.25, 0.3) is 54.2 Å². The number of fused-ring (bicyclic) bond motifs is 4. The second-order valence-corrected chi connectivity index (χ2v) is 25.6. The van der Waals surface area contributed by atoms with Crippen LogP contribution in [0.2, 0.25) is 0 Å². The van der Waals surface area contributed by atoms with E-state index in [9.17, 15) is 0 Å². The number of rotatable bonds is 17. The first kappa shape index (κ1) is 57.6. The molecule has 0 atom stereocenters. The minimum absolute atomic E-state index is 1.06. The number of benzene rings is 16. The van der Waals surface area contributed by atoms with E-state index in [1.165, 1.54) is 62.7 Å². The molecular weight excluding hydrogens is 1180 g/mol. The van der Waals surface area contributed by atoms with Crippen molar-refractivity contribution in [1.82, 2.24) is 0 Å². The molecule has 6 heteroatoms. The van der Waals surface area contributed by atoms with Crippen LogP contribution >= 0.6 is 23.5 Å². The van der Waals surface area contributed by atoms with Gasteiger partial charge in [-0.2, -0.15) is 0 Å². The van der Waals surface area contributed by atoms with Gasteiger partial charge >= 0.3 is 0 Å². The van der Waals surface area contributed by atoms with Crippen molar-refractivity contribution >= 4 is 135 Å². The van der Waals surface area contributed by atoms with Crippen molar-refractivity contribution in [3.8, 4) is 11.1 Å². The summed E-state index contributed by atoms with van der Waals surface area (Å²) in [5.74, 6) is 0. The van der Waals surface area contributed by atoms with E-state index in [1.54, 1.807) is 23.5 Å². The molecule has 0 heterocycles. The highest BCUT2D eigenvalue weighted by molar-refractivity contribution is 7.99. The normalized spacial score (nSPS) is 11.3. The highest BCUT2D eigenvalue weighted by Crippen LogP contribution is 2.47. The van der Waals surface area contributed by atoms with E-state index in [0.717, 1.165) is 79.4 Å². The van der Waals surface area contributed by atoms with Crippen molar-refractivity contribution in [2.45, 2.75) is 19.6 Å². The molecule has 0 spiro atoms. The lowest BCUT2D eigenvalue weighted by Crippen LogP contribution is -2.13. The average Bonchev–Trinajstić information content (AvgIpc) is 0.814. The Labute approximate surface area is 557 Å². The molecule has 4 nitrogen and oxygen atoms in total. The molecule has 94 heavy (non-hydrogen) atoms. The first-order chi connectivity index (χ1) is 46.6. The summed E-state index contributed by atoms with van der Waals surface area (Å²) in [6.45, 7) is 0. The molecule has 0 N–H and O–H groups in total. The van der Waals surface area contributed by atoms with Gasteiger partial charge in [0.05, 0.1) is 22.7 Å². The minimum atomic E-state index is 1.06. The van der Waals surface area contributed by atoms with E-state index in [1.807, 2.05) is 0 Å². The van der Waals surface area contributed by atoms with Crippen molar-refractivity contribution in [2.75, 3.05) is 19.6 Å². The van der Waals surface area contributed by atoms with E-state index >= 15 is 0 Å². The maximum atomic E-state index is 2.40. The van der Waals surface area contributed by atoms with Crippen LogP contribution in [0.15, 0.2) is 396 Å². The van der Waals surface area contributed by atoms with E-state index in [-0.39, 0.29) is 0 Å². The molecule has 0 amide bonds. The third kappa shape index (κ3) is 11.7. The van der Waals surface area contributed by atoms with E-state index < -0.39 is 0 Å². The predicted molar refractivity (Wildman–Crippen MR) is 402 cm³/mol. The molecule has 0 fully saturated rings. The van der Waals surface area contributed by atoms with Crippen molar-refractivity contribution in [3.05, 3.63) is 376 Å². The Hall–Kier alpha value is -11.5. The zero-order valence-electron chi connectivity index (χ0n) is 51.4. The molecule has 0 aliphatic heterocycles. The summed E-state index contributed by atoms with van der Waals surface area (Å²) >= 11 is 3.55. The smallest absolute Gasteiger partial charge is 0.0540 e. The Morgan fingerprint density at radius 3 is 0.596 bits per heavy atom. The zero-order chi connectivity index (χ0) is 62.6. The average molecular weight is 1240 g/mol. The van der Waals surface area contributed by atoms with Gasteiger partial charge in [-0.15, -0.1) is 0 Å². The molecule has 0 saturated heterocycles. The van der Waals surface area contributed by atoms with E-state index in [2.05, 4.69) is 396 Å². The topological polar surface area (TPSA) is 13.0 Å². The summed E-state index contributed by atoms with van der Waals surface area (Å²) in [6.07, 6.45) is 0. The molecule has 0 aliphatic rings. The Bertz CT molecular complexity index is 4940. The Morgan fingerprint density at radius 1 is 0.149 bits per heavy atom. The molecule has 0 unspecified atom stereocenters. The van der Waals surface area contributed by atoms with Crippen molar-refractivity contribution in [1.29, 1.82) is 0 Å². The molecule has 0 aromatic heterocycles. The lowest BCUT2D eigenvalue weighted by atomic mass is 10.0. The van der Waals surface area contributed by atoms with Gasteiger partial charge in [0.25, 0.3) is 0 Å². The first-order valence-electron chi connectivity index (χ1n) is 31.8. The van der Waals surface area contributed by atoms with E-state index in [0.29, 0.717) is 0 Å². The highest BCUT2D eigenvalue weighted by Gasteiger charge is 2.22. The van der Waals surface area contributed by atoms with Gasteiger partial charge in [-0.3, -0.25) is 0 Å². The summed E-state index contributed by atoms with van der Waals surface area (Å²) in [5, 5.41) is 9.49. The van der Waals surface area contributed by atoms with Crippen LogP contribution in [0.3, 0.4) is 0 Å². The third-order valence-electron chi connectivity index (χ3n) is 17.5. The lowest BCUT2D eigenvalue weighted by Gasteiger charge is -2.30. The summed E-state index contributed by atoms with van der Waals surface area (Å²) in [6, 6.07) is 136. The van der Waals surface area contributed by atoms with Crippen LogP contribution < -0.4 is 19.6 Å². The van der Waals surface area contributed by atoms with Crippen LogP contribution in [-0.2, 0) is 0 Å². The second-order valence-electron chi connectivity index (χ2n) is 23.3. The molecular formula is C88H62N4S2. The fraction of sp³-hybridized carbons (Fsp3) is 0. The molecule has 0 aliphatic carbocycles. The quantitative estimate of drug-likeness (QED) is 0.0895. The van der Waals surface area contributed by atoms with Gasteiger partial charge < -0.3 is 19.6 Å². The molecule has 446 valence electrons. The monoisotopic (exact) mass is 1240 g/mol. The van der Waals surface area contributed by atoms with Gasteiger partial charge in [0.15, 0.2) is 0 Å². The van der Waals surface area contributed by atoms with E-state index in [4.69, 9.17) is 0 Å². The molecule has 0 bridgehead atoms. The number of anilines is 12. The highest BCUT2D eigenvalue weighted by atomic mass is 32.2. The first-order valence-corrected chi connectivity index (χ1v) is 33.4. The van der Waals surface area contributed by atoms with Crippen LogP contribution in [0.5, 0.6) is 0 Å². The van der Waals surface area contributed by atoms with Crippen LogP contribution in [0, 0.1) is 0 Å². The maximum absolute atomic E-state index is 2.40. The number of nitrogens with zero attached hydrogens (tertiary/aromatic N) is 4. The summed E-state index contributed by atoms with van der Waals surface area (Å²) in [5.41, 5.74) is 15.2. The molecule has 16 aromatic rings. The Balaban J connectivity index is 0.733. The van der Waals surface area contributed by atoms with Gasteiger partial charge in [0.1, 0.15) is 0 Å². The molecule has 16 aromatic carbocycles. The van der Waals surface area contributed by atoms with Gasteiger partial charge in [0.2, 0.25) is 0 Å². The van der Waals surface area contributed by atoms with Crippen molar-refractivity contribution < 1.29 is 0 Å². The van der Waals surface area contributed by atoms with Crippen molar-refractivity contribution in [2.24, 2.45) is 0 Å². The van der Waals surface area contributed by atoms with Crippen LogP contribution in [-0.4, -0.2) is 0 Å². The summed E-state index contributed by atoms with van der Waals surface area (Å²) in [4.78, 5) is 14.4. The standard InChI is InChI=1S/C88H62N4S2/c1-3-27-77(28-4-1)93-79-59-55-75(56-60-79)91(87-37-17-25-67-21-9-13-33-83(67)87)73-51-47-71(48-52-73)89(85-35-15-23-65-19-7-11-31-81(65)85)69-43-39-63(40-44-69)64-41-45-70(46-42-64)90(86-36-16-24-66-20-8-12-32-82(66)86)72-49-53-74(54-50-72)92(88-38-18-26-68-22-10-14-34-84(68)88)76-57-61-80(62-58-76)94-78-29-5-2-6-30-78/h1-62H. The minimum Gasteiger partial charge on any atom is -0.310 e. The van der Waals surface area contributed by atoms with Crippen molar-refractivity contribution in [3.63, 3.8) is 0 Å². The molecule has 0 radical (unpaired) electrons. The number of hydrogen-bond donors (Lipinski definition) is 0. The maximum Gasteiger partial charge on any atom is 0.0540 e. The Morgan fingerprint density at radius 2 is 0.340 bits per heavy atom. The SMILES string of the molecule is c1ccc(Sc2ccc(N(c3ccc(N(c4ccc(-c5ccc(N(c6ccc(N(c7ccc(Sc8ccccc8)cc7)c7cccc8ccccc78)cc6)c6cccc7ccccc67)cc5)cc4)c4cccc5ccccc45)cc3)c3cccc4ccccc34)cc2)cc1. The zero-order valence-corrected chi connectivity index (χ0v) is 53.0. The van der Waals surface area contributed by atoms with Crippen LogP contribution in [0.1, 0.15) is 0 Å². The molecule has 0 saturated carbocycles. The largest absolute Gasteiger partial charge is 0.310 e. The summed E-state index contributed by atoms with van der Waals surface area (Å²) in [7, 11) is 0. The van der Waals surface area contributed by atoms with Gasteiger partial charge in [-0.05, 0) is 203 Å². The lowest BCUT2D eigenvalue weighted by molar-refractivity contribution is 1.26. The van der Waals surface area contributed by atoms with Gasteiger partial charge in [-0.25, -0.2) is 0 Å². The van der Waals surface area contributed by atoms with Crippen LogP contribution in [0.4, 0.5) is 68.2 Å². The van der Waals surface area contributed by atoms with Gasteiger partial charge in [0, 0.05) is 86.6 Å².